The fourth-order valence-electron chi connectivity index (χ4n) is 2.95. The summed E-state index contributed by atoms with van der Waals surface area (Å²) < 4.78 is 19.5. The molecule has 1 aliphatic rings. The van der Waals surface area contributed by atoms with E-state index in [0.717, 1.165) is 43.9 Å². The molecule has 118 valence electrons. The molecule has 1 fully saturated rings. The van der Waals surface area contributed by atoms with Crippen LogP contribution in [-0.2, 0) is 4.74 Å². The Labute approximate surface area is 130 Å². The maximum absolute atomic E-state index is 13.8. The minimum atomic E-state index is -0.281. The number of anilines is 1. The Morgan fingerprint density at radius 1 is 1.36 bits per heavy atom. The molecule has 0 bridgehead atoms. The Kier molecular flexibility index (Phi) is 4.27. The maximum Gasteiger partial charge on any atom is 0.149 e. The summed E-state index contributed by atoms with van der Waals surface area (Å²) in [4.78, 5) is 6.51. The number of ether oxygens (including phenoxy) is 1. The molecule has 22 heavy (non-hydrogen) atoms. The van der Waals surface area contributed by atoms with E-state index in [2.05, 4.69) is 29.0 Å². The third-order valence-corrected chi connectivity index (χ3v) is 3.97. The Hall–Kier alpha value is -1.72. The lowest BCUT2D eigenvalue weighted by Crippen LogP contribution is -2.49. The highest BCUT2D eigenvalue weighted by Crippen LogP contribution is 2.23. The Balaban J connectivity index is 1.64. The molecule has 0 radical (unpaired) electrons. The molecule has 3 rings (SSSR count). The molecule has 2 aromatic rings. The molecule has 1 saturated heterocycles. The van der Waals surface area contributed by atoms with Crippen molar-refractivity contribution in [3.8, 4) is 0 Å². The standard InChI is InChI=1S/C17H22FN3O/c1-17(2)12-21(10-11-22-17)9-8-19-15-6-7-20-16-13(15)4-3-5-14(16)18/h3-7H,8-12H2,1-2H3,(H,19,20). The van der Waals surface area contributed by atoms with Gasteiger partial charge in [-0.15, -0.1) is 0 Å². The van der Waals surface area contributed by atoms with Gasteiger partial charge in [-0.05, 0) is 26.0 Å². The molecule has 1 aromatic heterocycles. The summed E-state index contributed by atoms with van der Waals surface area (Å²) in [5, 5.41) is 4.22. The minimum Gasteiger partial charge on any atom is -0.383 e. The molecule has 1 aliphatic heterocycles. The number of hydrogen-bond donors (Lipinski definition) is 1. The first-order valence-corrected chi connectivity index (χ1v) is 7.69. The van der Waals surface area contributed by atoms with Crippen molar-refractivity contribution in [2.75, 3.05) is 38.1 Å². The smallest absolute Gasteiger partial charge is 0.149 e. The minimum absolute atomic E-state index is 0.0786. The monoisotopic (exact) mass is 303 g/mol. The topological polar surface area (TPSA) is 37.4 Å². The summed E-state index contributed by atoms with van der Waals surface area (Å²) in [6.45, 7) is 8.64. The van der Waals surface area contributed by atoms with Gasteiger partial charge in [-0.25, -0.2) is 4.39 Å². The number of hydrogen-bond acceptors (Lipinski definition) is 4. The van der Waals surface area contributed by atoms with Gasteiger partial charge in [0.1, 0.15) is 11.3 Å². The summed E-state index contributed by atoms with van der Waals surface area (Å²) in [5.41, 5.74) is 1.27. The van der Waals surface area contributed by atoms with Gasteiger partial charge >= 0.3 is 0 Å². The van der Waals surface area contributed by atoms with Crippen molar-refractivity contribution in [2.24, 2.45) is 0 Å². The number of para-hydroxylation sites is 1. The molecule has 0 unspecified atom stereocenters. The third-order valence-electron chi connectivity index (χ3n) is 3.97. The summed E-state index contributed by atoms with van der Waals surface area (Å²) >= 11 is 0. The van der Waals surface area contributed by atoms with Crippen molar-refractivity contribution in [3.05, 3.63) is 36.3 Å². The zero-order valence-corrected chi connectivity index (χ0v) is 13.1. The van der Waals surface area contributed by atoms with Gasteiger partial charge in [0.25, 0.3) is 0 Å². The van der Waals surface area contributed by atoms with Crippen molar-refractivity contribution < 1.29 is 9.13 Å². The Morgan fingerprint density at radius 2 is 2.23 bits per heavy atom. The molecule has 0 amide bonds. The molecule has 0 saturated carbocycles. The van der Waals surface area contributed by atoms with E-state index in [-0.39, 0.29) is 11.4 Å². The maximum atomic E-state index is 13.8. The SMILES string of the molecule is CC1(C)CN(CCNc2ccnc3c(F)cccc23)CCO1. The predicted molar refractivity (Wildman–Crippen MR) is 86.7 cm³/mol. The first kappa shape index (κ1) is 15.2. The van der Waals surface area contributed by atoms with Crippen molar-refractivity contribution in [1.82, 2.24) is 9.88 Å². The number of aromatic nitrogens is 1. The number of benzene rings is 1. The van der Waals surface area contributed by atoms with Crippen LogP contribution in [0.1, 0.15) is 13.8 Å². The first-order chi connectivity index (χ1) is 10.6. The zero-order valence-electron chi connectivity index (χ0n) is 13.1. The van der Waals surface area contributed by atoms with E-state index in [0.29, 0.717) is 5.52 Å². The van der Waals surface area contributed by atoms with Crippen LogP contribution in [0.3, 0.4) is 0 Å². The highest BCUT2D eigenvalue weighted by molar-refractivity contribution is 5.91. The number of fused-ring (bicyclic) bond motifs is 1. The van der Waals surface area contributed by atoms with Gasteiger partial charge < -0.3 is 10.1 Å². The number of morpholine rings is 1. The van der Waals surface area contributed by atoms with Crippen LogP contribution >= 0.6 is 0 Å². The number of pyridine rings is 1. The van der Waals surface area contributed by atoms with Crippen LogP contribution in [0.2, 0.25) is 0 Å². The van der Waals surface area contributed by atoms with Gasteiger partial charge in [-0.1, -0.05) is 12.1 Å². The summed E-state index contributed by atoms with van der Waals surface area (Å²) in [6.07, 6.45) is 1.64. The second-order valence-corrected chi connectivity index (χ2v) is 6.31. The molecule has 0 spiro atoms. The van der Waals surface area contributed by atoms with Crippen LogP contribution in [0.4, 0.5) is 10.1 Å². The average Bonchev–Trinajstić information content (AvgIpc) is 2.47. The summed E-state index contributed by atoms with van der Waals surface area (Å²) in [7, 11) is 0. The second kappa shape index (κ2) is 6.18. The van der Waals surface area contributed by atoms with Gasteiger partial charge in [-0.3, -0.25) is 9.88 Å². The average molecular weight is 303 g/mol. The lowest BCUT2D eigenvalue weighted by molar-refractivity contribution is -0.0848. The molecular weight excluding hydrogens is 281 g/mol. The van der Waals surface area contributed by atoms with Crippen LogP contribution in [0.5, 0.6) is 0 Å². The van der Waals surface area contributed by atoms with Crippen molar-refractivity contribution in [1.29, 1.82) is 0 Å². The number of halogens is 1. The molecule has 5 heteroatoms. The number of nitrogens with zero attached hydrogens (tertiary/aromatic N) is 2. The van der Waals surface area contributed by atoms with Gasteiger partial charge in [-0.2, -0.15) is 0 Å². The molecule has 0 atom stereocenters. The van der Waals surface area contributed by atoms with Crippen LogP contribution in [0.15, 0.2) is 30.5 Å². The second-order valence-electron chi connectivity index (χ2n) is 6.31. The van der Waals surface area contributed by atoms with Crippen LogP contribution in [0, 0.1) is 5.82 Å². The van der Waals surface area contributed by atoms with Crippen LogP contribution in [-0.4, -0.2) is 48.3 Å². The molecular formula is C17H22FN3O. The normalized spacial score (nSPS) is 18.5. The highest BCUT2D eigenvalue weighted by Gasteiger charge is 2.26. The summed E-state index contributed by atoms with van der Waals surface area (Å²) in [5.74, 6) is -0.281. The van der Waals surface area contributed by atoms with Crippen molar-refractivity contribution in [2.45, 2.75) is 19.4 Å². The predicted octanol–water partition coefficient (Wildman–Crippen LogP) is 2.90. The molecule has 4 nitrogen and oxygen atoms in total. The molecule has 1 N–H and O–H groups in total. The quantitative estimate of drug-likeness (QED) is 0.942. The molecule has 2 heterocycles. The Bertz CT molecular complexity index is 659. The van der Waals surface area contributed by atoms with E-state index in [1.807, 2.05) is 12.1 Å². The van der Waals surface area contributed by atoms with Crippen LogP contribution in [0.25, 0.3) is 10.9 Å². The van der Waals surface area contributed by atoms with Gasteiger partial charge in [0.15, 0.2) is 0 Å². The van der Waals surface area contributed by atoms with Gasteiger partial charge in [0.2, 0.25) is 0 Å². The Morgan fingerprint density at radius 3 is 3.05 bits per heavy atom. The van der Waals surface area contributed by atoms with E-state index >= 15 is 0 Å². The van der Waals surface area contributed by atoms with E-state index in [9.17, 15) is 4.39 Å². The number of rotatable bonds is 4. The fourth-order valence-corrected chi connectivity index (χ4v) is 2.95. The van der Waals surface area contributed by atoms with E-state index in [1.54, 1.807) is 12.3 Å². The van der Waals surface area contributed by atoms with Gasteiger partial charge in [0, 0.05) is 43.4 Å². The molecule has 0 aliphatic carbocycles. The number of nitrogens with one attached hydrogen (secondary N) is 1. The lowest BCUT2D eigenvalue weighted by atomic mass is 10.1. The highest BCUT2D eigenvalue weighted by atomic mass is 19.1. The van der Waals surface area contributed by atoms with E-state index in [1.165, 1.54) is 6.07 Å². The first-order valence-electron chi connectivity index (χ1n) is 7.69. The third kappa shape index (κ3) is 3.36. The van der Waals surface area contributed by atoms with Gasteiger partial charge in [0.05, 0.1) is 12.2 Å². The zero-order chi connectivity index (χ0) is 15.6. The van der Waals surface area contributed by atoms with E-state index in [4.69, 9.17) is 4.74 Å². The summed E-state index contributed by atoms with van der Waals surface area (Å²) in [6, 6.07) is 6.95. The van der Waals surface area contributed by atoms with Crippen molar-refractivity contribution >= 4 is 16.6 Å². The van der Waals surface area contributed by atoms with Crippen molar-refractivity contribution in [3.63, 3.8) is 0 Å². The fraction of sp³-hybridized carbons (Fsp3) is 0.471. The largest absolute Gasteiger partial charge is 0.383 e. The molecule has 1 aromatic carbocycles. The van der Waals surface area contributed by atoms with Crippen LogP contribution < -0.4 is 5.32 Å². The lowest BCUT2D eigenvalue weighted by Gasteiger charge is -2.38. The van der Waals surface area contributed by atoms with E-state index < -0.39 is 0 Å².